The molecule has 156 valence electrons. The zero-order valence-electron chi connectivity index (χ0n) is 16.7. The van der Waals surface area contributed by atoms with Crippen LogP contribution >= 0.6 is 0 Å². The number of amides is 1. The van der Waals surface area contributed by atoms with Crippen molar-refractivity contribution in [2.75, 3.05) is 17.1 Å². The molecule has 0 atom stereocenters. The minimum Gasteiger partial charge on any atom is -0.495 e. The lowest BCUT2D eigenvalue weighted by atomic mass is 10.1. The van der Waals surface area contributed by atoms with Gasteiger partial charge in [0.1, 0.15) is 5.75 Å². The Morgan fingerprint density at radius 1 is 0.806 bits per heavy atom. The van der Waals surface area contributed by atoms with E-state index in [1.165, 1.54) is 25.3 Å². The topological polar surface area (TPSA) is 84.5 Å². The molecule has 0 fully saturated rings. The van der Waals surface area contributed by atoms with Crippen molar-refractivity contribution in [2.24, 2.45) is 0 Å². The number of rotatable bonds is 6. The van der Waals surface area contributed by atoms with Crippen LogP contribution in [0.25, 0.3) is 10.8 Å². The second-order valence-corrected chi connectivity index (χ2v) is 8.50. The SMILES string of the molecule is COc1ccc(S(=O)(=O)Nc2cccc3ccccc23)cc1NC(=O)c1ccccc1. The van der Waals surface area contributed by atoms with E-state index >= 15 is 0 Å². The Labute approximate surface area is 180 Å². The average molecular weight is 433 g/mol. The standard InChI is InChI=1S/C24H20N2O4S/c1-30-23-15-14-19(16-22(23)25-24(27)18-9-3-2-4-10-18)31(28,29)26-21-13-7-11-17-8-5-6-12-20(17)21/h2-16,26H,1H3,(H,25,27). The Morgan fingerprint density at radius 2 is 1.52 bits per heavy atom. The number of benzene rings is 4. The number of carbonyl (C=O) groups is 1. The Kier molecular flexibility index (Phi) is 5.60. The molecule has 0 aliphatic carbocycles. The Balaban J connectivity index is 1.67. The summed E-state index contributed by atoms with van der Waals surface area (Å²) < 4.78 is 34.1. The quantitative estimate of drug-likeness (QED) is 0.454. The predicted octanol–water partition coefficient (Wildman–Crippen LogP) is 4.90. The van der Waals surface area contributed by atoms with Gasteiger partial charge >= 0.3 is 0 Å². The van der Waals surface area contributed by atoms with Crippen molar-refractivity contribution in [3.05, 3.63) is 96.6 Å². The average Bonchev–Trinajstić information content (AvgIpc) is 2.79. The normalized spacial score (nSPS) is 11.1. The van der Waals surface area contributed by atoms with Crippen molar-refractivity contribution in [3.63, 3.8) is 0 Å². The van der Waals surface area contributed by atoms with Crippen LogP contribution in [-0.4, -0.2) is 21.4 Å². The van der Waals surface area contributed by atoms with E-state index in [0.717, 1.165) is 10.8 Å². The van der Waals surface area contributed by atoms with Crippen LogP contribution in [0, 0.1) is 0 Å². The van der Waals surface area contributed by atoms with E-state index in [4.69, 9.17) is 4.74 Å². The molecule has 4 aromatic rings. The molecule has 1 amide bonds. The Bertz CT molecular complexity index is 1350. The second-order valence-electron chi connectivity index (χ2n) is 6.81. The molecule has 0 saturated heterocycles. The van der Waals surface area contributed by atoms with Crippen LogP contribution < -0.4 is 14.8 Å². The molecule has 0 aliphatic heterocycles. The van der Waals surface area contributed by atoms with Crippen LogP contribution in [0.5, 0.6) is 5.75 Å². The molecule has 0 aromatic heterocycles. The predicted molar refractivity (Wildman–Crippen MR) is 122 cm³/mol. The largest absolute Gasteiger partial charge is 0.495 e. The zero-order valence-corrected chi connectivity index (χ0v) is 17.5. The van der Waals surface area contributed by atoms with Crippen molar-refractivity contribution in [1.29, 1.82) is 0 Å². The van der Waals surface area contributed by atoms with Crippen LogP contribution in [0.1, 0.15) is 10.4 Å². The number of ether oxygens (including phenoxy) is 1. The second kappa shape index (κ2) is 8.49. The number of nitrogens with one attached hydrogen (secondary N) is 2. The summed E-state index contributed by atoms with van der Waals surface area (Å²) in [7, 11) is -2.46. The molecule has 0 unspecified atom stereocenters. The van der Waals surface area contributed by atoms with Crippen molar-refractivity contribution >= 4 is 38.1 Å². The minimum atomic E-state index is -3.91. The van der Waals surface area contributed by atoms with Crippen LogP contribution in [-0.2, 0) is 10.0 Å². The lowest BCUT2D eigenvalue weighted by molar-refractivity contribution is 0.102. The third-order valence-electron chi connectivity index (χ3n) is 4.80. The van der Waals surface area contributed by atoms with E-state index in [0.29, 0.717) is 17.0 Å². The molecule has 0 bridgehead atoms. The van der Waals surface area contributed by atoms with Gasteiger partial charge < -0.3 is 10.1 Å². The highest BCUT2D eigenvalue weighted by atomic mass is 32.2. The van der Waals surface area contributed by atoms with E-state index in [-0.39, 0.29) is 16.5 Å². The third-order valence-corrected chi connectivity index (χ3v) is 6.16. The van der Waals surface area contributed by atoms with Gasteiger partial charge in [-0.05, 0) is 41.8 Å². The first kappa shape index (κ1) is 20.4. The van der Waals surface area contributed by atoms with Gasteiger partial charge in [0.2, 0.25) is 0 Å². The molecule has 7 heteroatoms. The van der Waals surface area contributed by atoms with Crippen LogP contribution in [0.4, 0.5) is 11.4 Å². The number of sulfonamides is 1. The molecule has 4 aromatic carbocycles. The van der Waals surface area contributed by atoms with Gasteiger partial charge in [-0.15, -0.1) is 0 Å². The molecule has 0 spiro atoms. The third kappa shape index (κ3) is 4.36. The zero-order chi connectivity index (χ0) is 21.8. The van der Waals surface area contributed by atoms with Crippen LogP contribution in [0.3, 0.4) is 0 Å². The summed E-state index contributed by atoms with van der Waals surface area (Å²) in [6.07, 6.45) is 0. The van der Waals surface area contributed by atoms with Gasteiger partial charge in [-0.1, -0.05) is 54.6 Å². The number of hydrogen-bond acceptors (Lipinski definition) is 4. The van der Waals surface area contributed by atoms with Gasteiger partial charge in [0.25, 0.3) is 15.9 Å². The highest BCUT2D eigenvalue weighted by molar-refractivity contribution is 7.92. The molecule has 6 nitrogen and oxygen atoms in total. The van der Waals surface area contributed by atoms with Gasteiger partial charge in [0.05, 0.1) is 23.4 Å². The van der Waals surface area contributed by atoms with E-state index in [1.807, 2.05) is 36.4 Å². The molecule has 4 rings (SSSR count). The Hall–Kier alpha value is -3.84. The molecule has 0 heterocycles. The maximum Gasteiger partial charge on any atom is 0.261 e. The van der Waals surface area contributed by atoms with Crippen molar-refractivity contribution in [1.82, 2.24) is 0 Å². The summed E-state index contributed by atoms with van der Waals surface area (Å²) in [5, 5.41) is 4.44. The molecule has 0 saturated carbocycles. The molecular weight excluding hydrogens is 412 g/mol. The fourth-order valence-electron chi connectivity index (χ4n) is 3.25. The fraction of sp³-hybridized carbons (Fsp3) is 0.0417. The maximum atomic E-state index is 13.1. The lowest BCUT2D eigenvalue weighted by Crippen LogP contribution is -2.16. The first-order valence-corrected chi connectivity index (χ1v) is 11.0. The van der Waals surface area contributed by atoms with E-state index in [9.17, 15) is 13.2 Å². The van der Waals surface area contributed by atoms with Crippen molar-refractivity contribution < 1.29 is 17.9 Å². The van der Waals surface area contributed by atoms with Crippen LogP contribution in [0.15, 0.2) is 95.9 Å². The molecule has 0 radical (unpaired) electrons. The van der Waals surface area contributed by atoms with E-state index < -0.39 is 10.0 Å². The maximum absolute atomic E-state index is 13.1. The molecule has 31 heavy (non-hydrogen) atoms. The number of fused-ring (bicyclic) bond motifs is 1. The summed E-state index contributed by atoms with van der Waals surface area (Å²) in [4.78, 5) is 12.6. The summed E-state index contributed by atoms with van der Waals surface area (Å²) in [5.41, 5.74) is 1.19. The van der Waals surface area contributed by atoms with Crippen molar-refractivity contribution in [3.8, 4) is 5.75 Å². The fourth-order valence-corrected chi connectivity index (χ4v) is 4.36. The number of hydrogen-bond donors (Lipinski definition) is 2. The highest BCUT2D eigenvalue weighted by Gasteiger charge is 2.19. The first-order valence-electron chi connectivity index (χ1n) is 9.53. The Morgan fingerprint density at radius 3 is 2.29 bits per heavy atom. The lowest BCUT2D eigenvalue weighted by Gasteiger charge is -2.14. The van der Waals surface area contributed by atoms with Crippen LogP contribution in [0.2, 0.25) is 0 Å². The molecular formula is C24H20N2O4S. The smallest absolute Gasteiger partial charge is 0.261 e. The first-order chi connectivity index (χ1) is 15.0. The number of anilines is 2. The highest BCUT2D eigenvalue weighted by Crippen LogP contribution is 2.30. The van der Waals surface area contributed by atoms with Crippen molar-refractivity contribution in [2.45, 2.75) is 4.90 Å². The monoisotopic (exact) mass is 432 g/mol. The van der Waals surface area contributed by atoms with Gasteiger partial charge in [0, 0.05) is 10.9 Å². The summed E-state index contributed by atoms with van der Waals surface area (Å²) in [6.45, 7) is 0. The van der Waals surface area contributed by atoms with Gasteiger partial charge in [-0.2, -0.15) is 0 Å². The summed E-state index contributed by atoms with van der Waals surface area (Å²) in [6, 6.07) is 25.9. The molecule has 2 N–H and O–H groups in total. The van der Waals surface area contributed by atoms with Gasteiger partial charge in [0.15, 0.2) is 0 Å². The van der Waals surface area contributed by atoms with E-state index in [2.05, 4.69) is 10.0 Å². The van der Waals surface area contributed by atoms with E-state index in [1.54, 1.807) is 36.4 Å². The minimum absolute atomic E-state index is 0.00426. The van der Waals surface area contributed by atoms with Gasteiger partial charge in [-0.3, -0.25) is 9.52 Å². The summed E-state index contributed by atoms with van der Waals surface area (Å²) >= 11 is 0. The summed E-state index contributed by atoms with van der Waals surface area (Å²) in [5.74, 6) is -0.0103. The molecule has 0 aliphatic rings. The number of carbonyl (C=O) groups excluding carboxylic acids is 1. The van der Waals surface area contributed by atoms with Gasteiger partial charge in [-0.25, -0.2) is 8.42 Å². The number of methoxy groups -OCH3 is 1.